The number of carbonyl (C=O) groups excluding carboxylic acids is 1. The van der Waals surface area contributed by atoms with Gasteiger partial charge in [-0.25, -0.2) is 0 Å². The Hall–Kier alpha value is -2.13. The molecule has 4 heteroatoms. The molecular formula is C18H17ClN2O. The summed E-state index contributed by atoms with van der Waals surface area (Å²) in [5, 5.41) is 3.46. The van der Waals surface area contributed by atoms with Gasteiger partial charge < -0.3 is 5.32 Å². The lowest BCUT2D eigenvalue weighted by molar-refractivity contribution is 0.0946. The van der Waals surface area contributed by atoms with Gasteiger partial charge >= 0.3 is 0 Å². The summed E-state index contributed by atoms with van der Waals surface area (Å²) in [6.45, 7) is 1.60. The second kappa shape index (κ2) is 6.75. The van der Waals surface area contributed by atoms with E-state index in [0.717, 1.165) is 42.6 Å². The first-order valence-electron chi connectivity index (χ1n) is 7.40. The van der Waals surface area contributed by atoms with Gasteiger partial charge in [0.1, 0.15) is 5.17 Å². The van der Waals surface area contributed by atoms with Crippen molar-refractivity contribution in [3.8, 4) is 0 Å². The van der Waals surface area contributed by atoms with Crippen LogP contribution < -0.4 is 5.32 Å². The predicted octanol–water partition coefficient (Wildman–Crippen LogP) is 3.20. The van der Waals surface area contributed by atoms with E-state index in [4.69, 9.17) is 11.6 Å². The Morgan fingerprint density at radius 2 is 1.55 bits per heavy atom. The quantitative estimate of drug-likeness (QED) is 0.797. The number of halogens is 1. The number of rotatable bonds is 0. The van der Waals surface area contributed by atoms with Crippen LogP contribution in [0.25, 0.3) is 0 Å². The summed E-state index contributed by atoms with van der Waals surface area (Å²) in [5.74, 6) is 0.0619. The van der Waals surface area contributed by atoms with Gasteiger partial charge in [0.2, 0.25) is 0 Å². The van der Waals surface area contributed by atoms with Gasteiger partial charge in [0, 0.05) is 24.2 Å². The summed E-state index contributed by atoms with van der Waals surface area (Å²) >= 11 is 5.90. The third-order valence-corrected chi connectivity index (χ3v) is 4.14. The van der Waals surface area contributed by atoms with Gasteiger partial charge in [-0.05, 0) is 30.0 Å². The smallest absolute Gasteiger partial charge is 0.251 e. The van der Waals surface area contributed by atoms with Crippen molar-refractivity contribution < 1.29 is 4.79 Å². The van der Waals surface area contributed by atoms with Crippen molar-refractivity contribution in [2.24, 2.45) is 4.99 Å². The first-order chi connectivity index (χ1) is 10.8. The number of benzene rings is 2. The third kappa shape index (κ3) is 3.20. The van der Waals surface area contributed by atoms with Gasteiger partial charge in [-0.3, -0.25) is 9.79 Å². The van der Waals surface area contributed by atoms with E-state index in [2.05, 4.69) is 16.4 Å². The molecule has 2 aliphatic heterocycles. The molecule has 1 N–H and O–H groups in total. The van der Waals surface area contributed by atoms with E-state index in [9.17, 15) is 4.79 Å². The van der Waals surface area contributed by atoms with E-state index in [1.165, 1.54) is 5.56 Å². The van der Waals surface area contributed by atoms with Crippen LogP contribution in [0.3, 0.4) is 0 Å². The van der Waals surface area contributed by atoms with Crippen molar-refractivity contribution in [2.75, 3.05) is 13.1 Å². The van der Waals surface area contributed by atoms with E-state index in [-0.39, 0.29) is 5.91 Å². The zero-order valence-electron chi connectivity index (χ0n) is 12.2. The number of carbonyl (C=O) groups is 1. The maximum absolute atomic E-state index is 11.2. The number of hydrogen-bond donors (Lipinski definition) is 1. The third-order valence-electron chi connectivity index (χ3n) is 3.81. The fourth-order valence-electron chi connectivity index (χ4n) is 2.66. The van der Waals surface area contributed by atoms with Gasteiger partial charge in [0.25, 0.3) is 5.91 Å². The maximum atomic E-state index is 11.2. The zero-order chi connectivity index (χ0) is 15.4. The molecule has 112 valence electrons. The molecule has 2 heterocycles. The number of nitrogens with one attached hydrogen (secondary N) is 1. The van der Waals surface area contributed by atoms with Crippen molar-refractivity contribution in [3.05, 3.63) is 70.8 Å². The van der Waals surface area contributed by atoms with Crippen molar-refractivity contribution in [1.29, 1.82) is 0 Å². The van der Waals surface area contributed by atoms with Crippen LogP contribution in [-0.2, 0) is 12.8 Å². The van der Waals surface area contributed by atoms with Crippen molar-refractivity contribution in [1.82, 2.24) is 5.32 Å². The van der Waals surface area contributed by atoms with Crippen molar-refractivity contribution in [3.63, 3.8) is 0 Å². The second-order valence-corrected chi connectivity index (χ2v) is 5.60. The average Bonchev–Trinajstić information content (AvgIpc) is 2.57. The topological polar surface area (TPSA) is 41.5 Å². The highest BCUT2D eigenvalue weighted by Gasteiger charge is 2.14. The molecule has 0 unspecified atom stereocenters. The fourth-order valence-corrected chi connectivity index (χ4v) is 2.93. The number of nitrogens with zero attached hydrogens (tertiary/aromatic N) is 1. The summed E-state index contributed by atoms with van der Waals surface area (Å²) in [5.41, 5.74) is 4.41. The molecule has 1 amide bonds. The van der Waals surface area contributed by atoms with Crippen molar-refractivity contribution >= 4 is 22.7 Å². The van der Waals surface area contributed by atoms with E-state index >= 15 is 0 Å². The minimum absolute atomic E-state index is 0.0619. The van der Waals surface area contributed by atoms with Crippen LogP contribution in [0.4, 0.5) is 0 Å². The lowest BCUT2D eigenvalue weighted by Crippen LogP contribution is -2.31. The first-order valence-corrected chi connectivity index (χ1v) is 7.78. The molecular weight excluding hydrogens is 296 g/mol. The van der Waals surface area contributed by atoms with Gasteiger partial charge in [0.15, 0.2) is 0 Å². The Bertz CT molecular complexity index is 719. The molecule has 2 aromatic carbocycles. The first kappa shape index (κ1) is 14.8. The molecule has 0 aromatic heterocycles. The molecule has 4 rings (SSSR count). The van der Waals surface area contributed by atoms with Crippen LogP contribution in [0.15, 0.2) is 53.5 Å². The summed E-state index contributed by atoms with van der Waals surface area (Å²) in [4.78, 5) is 15.3. The Kier molecular flexibility index (Phi) is 4.54. The largest absolute Gasteiger partial charge is 0.352 e. The molecule has 0 fully saturated rings. The summed E-state index contributed by atoms with van der Waals surface area (Å²) in [6.07, 6.45) is 1.98. The molecule has 0 aliphatic carbocycles. The highest BCUT2D eigenvalue weighted by molar-refractivity contribution is 6.69. The molecule has 0 atom stereocenters. The lowest BCUT2D eigenvalue weighted by Gasteiger charge is -2.15. The van der Waals surface area contributed by atoms with Gasteiger partial charge in [-0.2, -0.15) is 0 Å². The second-order valence-electron chi connectivity index (χ2n) is 5.24. The number of hydrogen-bond acceptors (Lipinski definition) is 2. The molecule has 0 saturated carbocycles. The van der Waals surface area contributed by atoms with Crippen LogP contribution in [0.1, 0.15) is 27.0 Å². The molecule has 0 bridgehead atoms. The molecule has 3 nitrogen and oxygen atoms in total. The lowest BCUT2D eigenvalue weighted by atomic mass is 10.0. The minimum Gasteiger partial charge on any atom is -0.352 e. The highest BCUT2D eigenvalue weighted by atomic mass is 35.5. The van der Waals surface area contributed by atoms with E-state index in [1.807, 2.05) is 42.5 Å². The van der Waals surface area contributed by atoms with E-state index in [0.29, 0.717) is 5.17 Å². The van der Waals surface area contributed by atoms with Crippen LogP contribution in [-0.4, -0.2) is 24.2 Å². The molecule has 0 spiro atoms. The molecule has 22 heavy (non-hydrogen) atoms. The SMILES string of the molecule is ClC1=NCCc2ccccc21.O=C1NCCc2ccccc21. The molecule has 2 aliphatic rings. The van der Waals surface area contributed by atoms with Crippen LogP contribution >= 0.6 is 11.6 Å². The highest BCUT2D eigenvalue weighted by Crippen LogP contribution is 2.17. The number of amides is 1. The maximum Gasteiger partial charge on any atom is 0.251 e. The number of fused-ring (bicyclic) bond motifs is 2. The summed E-state index contributed by atoms with van der Waals surface area (Å²) in [7, 11) is 0. The molecule has 0 radical (unpaired) electrons. The normalized spacial score (nSPS) is 15.5. The Morgan fingerprint density at radius 1 is 0.909 bits per heavy atom. The number of aliphatic imine (C=N–C) groups is 1. The standard InChI is InChI=1S/C9H8ClN.C9H9NO/c10-9-8-4-2-1-3-7(8)5-6-11-9;11-9-8-4-2-1-3-7(8)5-6-10-9/h1-4H,5-6H2;1-4H,5-6H2,(H,10,11). The molecule has 2 aromatic rings. The van der Waals surface area contributed by atoms with E-state index < -0.39 is 0 Å². The van der Waals surface area contributed by atoms with Crippen LogP contribution in [0.2, 0.25) is 0 Å². The summed E-state index contributed by atoms with van der Waals surface area (Å²) in [6, 6.07) is 15.9. The molecule has 0 saturated heterocycles. The van der Waals surface area contributed by atoms with Crippen LogP contribution in [0, 0.1) is 0 Å². The fraction of sp³-hybridized carbons (Fsp3) is 0.222. The summed E-state index contributed by atoms with van der Waals surface area (Å²) < 4.78 is 0. The Balaban J connectivity index is 0.000000131. The van der Waals surface area contributed by atoms with Gasteiger partial charge in [0.05, 0.1) is 0 Å². The Morgan fingerprint density at radius 3 is 2.23 bits per heavy atom. The zero-order valence-corrected chi connectivity index (χ0v) is 12.9. The predicted molar refractivity (Wildman–Crippen MR) is 89.9 cm³/mol. The van der Waals surface area contributed by atoms with Gasteiger partial charge in [-0.15, -0.1) is 0 Å². The minimum atomic E-state index is 0.0619. The van der Waals surface area contributed by atoms with Gasteiger partial charge in [-0.1, -0.05) is 54.1 Å². The Labute approximate surface area is 135 Å². The average molecular weight is 313 g/mol. The monoisotopic (exact) mass is 312 g/mol. The van der Waals surface area contributed by atoms with Crippen molar-refractivity contribution in [2.45, 2.75) is 12.8 Å². The van der Waals surface area contributed by atoms with Crippen LogP contribution in [0.5, 0.6) is 0 Å². The van der Waals surface area contributed by atoms with E-state index in [1.54, 1.807) is 0 Å².